The molecule has 9 heteroatoms. The Balaban J connectivity index is 1.98. The third kappa shape index (κ3) is 5.77. The third-order valence-electron chi connectivity index (χ3n) is 3.27. The minimum atomic E-state index is 0.412. The lowest BCUT2D eigenvalue weighted by atomic mass is 10.4. The molecule has 0 bridgehead atoms. The molecule has 2 N–H and O–H groups in total. The molecule has 1 saturated heterocycles. The van der Waals surface area contributed by atoms with Gasteiger partial charge in [-0.1, -0.05) is 0 Å². The van der Waals surface area contributed by atoms with E-state index in [1.165, 1.54) is 0 Å². The fourth-order valence-electron chi connectivity index (χ4n) is 2.09. The Morgan fingerprint density at radius 1 is 1.35 bits per heavy atom. The van der Waals surface area contributed by atoms with Crippen LogP contribution in [0.5, 0.6) is 5.88 Å². The largest absolute Gasteiger partial charge is 0.481 e. The van der Waals surface area contributed by atoms with Crippen LogP contribution in [0.1, 0.15) is 6.42 Å². The van der Waals surface area contributed by atoms with Crippen molar-refractivity contribution in [2.75, 3.05) is 63.9 Å². The van der Waals surface area contributed by atoms with Crippen LogP contribution >= 0.6 is 12.2 Å². The number of nitrogens with zero attached hydrogens (tertiary/aromatic N) is 3. The van der Waals surface area contributed by atoms with E-state index in [4.69, 9.17) is 26.4 Å². The van der Waals surface area contributed by atoms with E-state index >= 15 is 0 Å². The van der Waals surface area contributed by atoms with E-state index in [1.54, 1.807) is 14.2 Å². The molecule has 2 heterocycles. The normalized spacial score (nSPS) is 14.4. The van der Waals surface area contributed by atoms with Crippen molar-refractivity contribution in [2.24, 2.45) is 0 Å². The summed E-state index contributed by atoms with van der Waals surface area (Å²) in [5.74, 6) is 1.70. The Morgan fingerprint density at radius 3 is 2.83 bits per heavy atom. The van der Waals surface area contributed by atoms with E-state index in [1.807, 2.05) is 6.07 Å². The molecular weight excluding hydrogens is 318 g/mol. The number of ether oxygens (including phenoxy) is 3. The summed E-state index contributed by atoms with van der Waals surface area (Å²) >= 11 is 5.25. The molecule has 2 rings (SSSR count). The minimum absolute atomic E-state index is 0.412. The number of aromatic nitrogens is 2. The minimum Gasteiger partial charge on any atom is -0.481 e. The van der Waals surface area contributed by atoms with E-state index in [0.29, 0.717) is 36.8 Å². The summed E-state index contributed by atoms with van der Waals surface area (Å²) in [6, 6.07) is 1.81. The molecule has 0 aromatic carbocycles. The number of morpholine rings is 1. The first-order valence-corrected chi connectivity index (χ1v) is 7.93. The zero-order valence-electron chi connectivity index (χ0n) is 13.5. The topological polar surface area (TPSA) is 80.8 Å². The highest BCUT2D eigenvalue weighted by Crippen LogP contribution is 2.20. The highest BCUT2D eigenvalue weighted by atomic mass is 32.1. The molecule has 0 amide bonds. The first-order chi connectivity index (χ1) is 11.2. The van der Waals surface area contributed by atoms with Gasteiger partial charge in [-0.05, 0) is 18.6 Å². The van der Waals surface area contributed by atoms with Gasteiger partial charge in [0, 0.05) is 39.4 Å². The van der Waals surface area contributed by atoms with Crippen LogP contribution in [0, 0.1) is 0 Å². The molecule has 0 atom stereocenters. The predicted molar refractivity (Wildman–Crippen MR) is 92.3 cm³/mol. The number of methoxy groups -OCH3 is 2. The SMILES string of the molecule is COCCCNC(=S)Nc1nc(OC)cc(N2CCOCC2)n1. The van der Waals surface area contributed by atoms with Gasteiger partial charge in [-0.15, -0.1) is 0 Å². The highest BCUT2D eigenvalue weighted by molar-refractivity contribution is 7.80. The second kappa shape index (κ2) is 9.43. The summed E-state index contributed by atoms with van der Waals surface area (Å²) in [5.41, 5.74) is 0. The van der Waals surface area contributed by atoms with Crippen molar-refractivity contribution in [3.05, 3.63) is 6.07 Å². The van der Waals surface area contributed by atoms with Gasteiger partial charge in [0.05, 0.1) is 20.3 Å². The van der Waals surface area contributed by atoms with Gasteiger partial charge in [0.2, 0.25) is 11.8 Å². The molecule has 1 fully saturated rings. The molecule has 0 saturated carbocycles. The van der Waals surface area contributed by atoms with Gasteiger partial charge in [-0.3, -0.25) is 0 Å². The zero-order chi connectivity index (χ0) is 16.5. The first-order valence-electron chi connectivity index (χ1n) is 7.52. The summed E-state index contributed by atoms with van der Waals surface area (Å²) in [5, 5.41) is 6.56. The predicted octanol–water partition coefficient (Wildman–Crippen LogP) is 0.645. The Morgan fingerprint density at radius 2 is 2.13 bits per heavy atom. The lowest BCUT2D eigenvalue weighted by Crippen LogP contribution is -2.37. The zero-order valence-corrected chi connectivity index (χ0v) is 14.3. The summed E-state index contributed by atoms with van der Waals surface area (Å²) in [4.78, 5) is 10.9. The molecule has 1 aliphatic heterocycles. The Bertz CT molecular complexity index is 511. The van der Waals surface area contributed by atoms with E-state index in [9.17, 15) is 0 Å². The molecule has 1 aromatic heterocycles. The van der Waals surface area contributed by atoms with Crippen LogP contribution in [0.25, 0.3) is 0 Å². The summed E-state index contributed by atoms with van der Waals surface area (Å²) < 4.78 is 15.6. The maximum absolute atomic E-state index is 5.36. The van der Waals surface area contributed by atoms with Crippen LogP contribution in [0.2, 0.25) is 0 Å². The van der Waals surface area contributed by atoms with Crippen molar-refractivity contribution < 1.29 is 14.2 Å². The van der Waals surface area contributed by atoms with Crippen molar-refractivity contribution in [3.63, 3.8) is 0 Å². The highest BCUT2D eigenvalue weighted by Gasteiger charge is 2.15. The van der Waals surface area contributed by atoms with Crippen molar-refractivity contribution in [3.8, 4) is 5.88 Å². The fourth-order valence-corrected chi connectivity index (χ4v) is 2.29. The lowest BCUT2D eigenvalue weighted by Gasteiger charge is -2.28. The van der Waals surface area contributed by atoms with Crippen LogP contribution in [-0.4, -0.2) is 68.8 Å². The van der Waals surface area contributed by atoms with Gasteiger partial charge < -0.3 is 29.7 Å². The molecule has 128 valence electrons. The van der Waals surface area contributed by atoms with Gasteiger partial charge in [-0.2, -0.15) is 9.97 Å². The van der Waals surface area contributed by atoms with Gasteiger partial charge in [0.15, 0.2) is 5.11 Å². The van der Waals surface area contributed by atoms with Crippen molar-refractivity contribution in [2.45, 2.75) is 6.42 Å². The first kappa shape index (κ1) is 17.6. The summed E-state index contributed by atoms with van der Waals surface area (Å²) in [7, 11) is 3.25. The Labute approximate surface area is 141 Å². The van der Waals surface area contributed by atoms with Gasteiger partial charge in [0.1, 0.15) is 5.82 Å². The Hall–Kier alpha value is -1.71. The molecule has 0 unspecified atom stereocenters. The average molecular weight is 341 g/mol. The molecule has 1 aliphatic rings. The number of rotatable bonds is 7. The van der Waals surface area contributed by atoms with E-state index in [-0.39, 0.29) is 0 Å². The number of hydrogen-bond acceptors (Lipinski definition) is 7. The van der Waals surface area contributed by atoms with Gasteiger partial charge in [0.25, 0.3) is 0 Å². The molecule has 23 heavy (non-hydrogen) atoms. The molecule has 8 nitrogen and oxygen atoms in total. The molecule has 1 aromatic rings. The van der Waals surface area contributed by atoms with Crippen LogP contribution in [0.15, 0.2) is 6.07 Å². The maximum atomic E-state index is 5.36. The number of nitrogens with one attached hydrogen (secondary N) is 2. The molecule has 0 aliphatic carbocycles. The van der Waals surface area contributed by atoms with E-state index < -0.39 is 0 Å². The summed E-state index contributed by atoms with van der Waals surface area (Å²) in [6.45, 7) is 4.37. The van der Waals surface area contributed by atoms with Crippen LogP contribution in [-0.2, 0) is 9.47 Å². The third-order valence-corrected chi connectivity index (χ3v) is 3.52. The van der Waals surface area contributed by atoms with Crippen molar-refractivity contribution in [1.82, 2.24) is 15.3 Å². The maximum Gasteiger partial charge on any atom is 0.234 e. The van der Waals surface area contributed by atoms with Crippen LogP contribution in [0.3, 0.4) is 0 Å². The molecule has 0 spiro atoms. The van der Waals surface area contributed by atoms with Gasteiger partial charge in [-0.25, -0.2) is 0 Å². The number of thiocarbonyl (C=S) groups is 1. The van der Waals surface area contributed by atoms with Crippen LogP contribution in [0.4, 0.5) is 11.8 Å². The second-order valence-electron chi connectivity index (χ2n) is 4.92. The molecule has 0 radical (unpaired) electrons. The number of anilines is 2. The second-order valence-corrected chi connectivity index (χ2v) is 5.33. The smallest absolute Gasteiger partial charge is 0.234 e. The van der Waals surface area contributed by atoms with Crippen molar-refractivity contribution in [1.29, 1.82) is 0 Å². The van der Waals surface area contributed by atoms with E-state index in [0.717, 1.165) is 31.9 Å². The van der Waals surface area contributed by atoms with E-state index in [2.05, 4.69) is 25.5 Å². The fraction of sp³-hybridized carbons (Fsp3) is 0.643. The monoisotopic (exact) mass is 341 g/mol. The van der Waals surface area contributed by atoms with Gasteiger partial charge >= 0.3 is 0 Å². The summed E-state index contributed by atoms with van der Waals surface area (Å²) in [6.07, 6.45) is 0.871. The standard InChI is InChI=1S/C14H23N5O3S/c1-20-7-3-4-15-14(23)18-13-16-11(10-12(17-13)21-2)19-5-8-22-9-6-19/h10H,3-9H2,1-2H3,(H2,15,16,17,18,23). The van der Waals surface area contributed by atoms with Crippen LogP contribution < -0.4 is 20.3 Å². The Kier molecular flexibility index (Phi) is 7.24. The van der Waals surface area contributed by atoms with Crippen molar-refractivity contribution >= 4 is 29.1 Å². The lowest BCUT2D eigenvalue weighted by molar-refractivity contribution is 0.122. The quantitative estimate of drug-likeness (QED) is 0.548. The number of hydrogen-bond donors (Lipinski definition) is 2. The molecular formula is C14H23N5O3S. The average Bonchev–Trinajstić information content (AvgIpc) is 2.59.